The van der Waals surface area contributed by atoms with Gasteiger partial charge in [-0.3, -0.25) is 4.79 Å². The highest BCUT2D eigenvalue weighted by atomic mass is 32.2. The lowest BCUT2D eigenvalue weighted by molar-refractivity contribution is -0.144. The minimum atomic E-state index is -3.94. The molecule has 2 atom stereocenters. The third-order valence-electron chi connectivity index (χ3n) is 4.49. The smallest absolute Gasteiger partial charge is 0.324 e. The molecule has 0 aliphatic carbocycles. The Morgan fingerprint density at radius 3 is 2.37 bits per heavy atom. The Kier molecular flexibility index (Phi) is 5.46. The summed E-state index contributed by atoms with van der Waals surface area (Å²) in [5, 5.41) is 3.57. The van der Waals surface area contributed by atoms with Gasteiger partial charge in [-0.25, -0.2) is 8.42 Å². The molecule has 0 saturated carbocycles. The topological polar surface area (TPSA) is 112 Å². The number of hydrogen-bond donors (Lipinski definition) is 0. The van der Waals surface area contributed by atoms with E-state index in [0.717, 1.165) is 15.4 Å². The van der Waals surface area contributed by atoms with Crippen LogP contribution in [-0.4, -0.2) is 44.4 Å². The fourth-order valence-electron chi connectivity index (χ4n) is 3.14. The Bertz CT molecular complexity index is 970. The van der Waals surface area contributed by atoms with Gasteiger partial charge < -0.3 is 4.74 Å². The highest BCUT2D eigenvalue weighted by Crippen LogP contribution is 2.30. The van der Waals surface area contributed by atoms with Crippen molar-refractivity contribution in [3.8, 4) is 11.1 Å². The third-order valence-corrected chi connectivity index (χ3v) is 6.38. The maximum atomic E-state index is 13.0. The number of nitrogens with zero attached hydrogens (tertiary/aromatic N) is 4. The van der Waals surface area contributed by atoms with Crippen LogP contribution in [0.4, 0.5) is 0 Å². The van der Waals surface area contributed by atoms with E-state index in [2.05, 4.69) is 10.0 Å². The van der Waals surface area contributed by atoms with Crippen molar-refractivity contribution >= 4 is 16.0 Å². The van der Waals surface area contributed by atoms with Crippen LogP contribution in [-0.2, 0) is 19.6 Å². The molecule has 1 aliphatic rings. The number of benzene rings is 2. The van der Waals surface area contributed by atoms with Crippen LogP contribution in [0.15, 0.2) is 64.6 Å². The Balaban J connectivity index is 1.92. The van der Waals surface area contributed by atoms with Gasteiger partial charge >= 0.3 is 5.97 Å². The van der Waals surface area contributed by atoms with E-state index in [1.54, 1.807) is 12.1 Å². The van der Waals surface area contributed by atoms with Gasteiger partial charge in [0.15, 0.2) is 0 Å². The van der Waals surface area contributed by atoms with Crippen molar-refractivity contribution in [1.29, 1.82) is 0 Å². The molecule has 3 rings (SSSR count). The monoisotopic (exact) mass is 386 g/mol. The molecule has 1 heterocycles. The average molecular weight is 386 g/mol. The Labute approximate surface area is 157 Å². The van der Waals surface area contributed by atoms with Crippen LogP contribution in [0.25, 0.3) is 21.6 Å². The molecule has 9 heteroatoms. The molecule has 0 amide bonds. The van der Waals surface area contributed by atoms with E-state index < -0.39 is 28.1 Å². The number of azide groups is 1. The zero-order valence-electron chi connectivity index (χ0n) is 14.6. The third kappa shape index (κ3) is 3.80. The van der Waals surface area contributed by atoms with Gasteiger partial charge in [0.1, 0.15) is 6.04 Å². The van der Waals surface area contributed by atoms with Gasteiger partial charge in [-0.15, -0.1) is 0 Å². The largest absolute Gasteiger partial charge is 0.468 e. The molecule has 1 fully saturated rings. The van der Waals surface area contributed by atoms with Crippen LogP contribution in [0, 0.1) is 0 Å². The Hall–Kier alpha value is -2.87. The van der Waals surface area contributed by atoms with Gasteiger partial charge in [0.25, 0.3) is 0 Å². The number of carbonyl (C=O) groups excluding carboxylic acids is 1. The molecule has 1 saturated heterocycles. The maximum Gasteiger partial charge on any atom is 0.324 e. The molecule has 1 aliphatic heterocycles. The zero-order chi connectivity index (χ0) is 19.4. The number of methoxy groups -OCH3 is 1. The Morgan fingerprint density at radius 1 is 1.15 bits per heavy atom. The van der Waals surface area contributed by atoms with Crippen LogP contribution in [0.5, 0.6) is 0 Å². The van der Waals surface area contributed by atoms with Gasteiger partial charge in [0, 0.05) is 11.5 Å². The molecule has 0 unspecified atom stereocenters. The van der Waals surface area contributed by atoms with E-state index in [9.17, 15) is 13.2 Å². The quantitative estimate of drug-likeness (QED) is 0.340. The molecule has 140 valence electrons. The highest BCUT2D eigenvalue weighted by Gasteiger charge is 2.44. The standard InChI is InChI=1S/C18H18N4O4S/c1-26-18(23)17-11-15(20-21-19)12-22(17)27(24,25)16-9-7-14(8-10-16)13-5-3-2-4-6-13/h2-10,15,17H,11-12H2,1H3/t15-,17-/m0/s1. The van der Waals surface area contributed by atoms with Gasteiger partial charge in [-0.05, 0) is 35.2 Å². The zero-order valence-corrected chi connectivity index (χ0v) is 15.4. The SMILES string of the molecule is COC(=O)[C@@H]1C[C@H](N=[N+]=[N-])CN1S(=O)(=O)c1ccc(-c2ccccc2)cc1. The second-order valence-electron chi connectivity index (χ2n) is 6.10. The molecule has 0 N–H and O–H groups in total. The second kappa shape index (κ2) is 7.79. The number of rotatable bonds is 5. The first kappa shape index (κ1) is 18.9. The molecule has 0 radical (unpaired) electrons. The van der Waals surface area contributed by atoms with Crippen molar-refractivity contribution < 1.29 is 17.9 Å². The fraction of sp³-hybridized carbons (Fsp3) is 0.278. The number of hydrogen-bond acceptors (Lipinski definition) is 5. The minimum absolute atomic E-state index is 0.0629. The van der Waals surface area contributed by atoms with E-state index >= 15 is 0 Å². The first-order chi connectivity index (χ1) is 13.0. The summed E-state index contributed by atoms with van der Waals surface area (Å²) in [7, 11) is -2.75. The van der Waals surface area contributed by atoms with Crippen LogP contribution in [0.3, 0.4) is 0 Å². The van der Waals surface area contributed by atoms with Crippen LogP contribution in [0.1, 0.15) is 6.42 Å². The molecule has 0 bridgehead atoms. The van der Waals surface area contributed by atoms with Crippen molar-refractivity contribution in [3.63, 3.8) is 0 Å². The summed E-state index contributed by atoms with van der Waals surface area (Å²) in [5.41, 5.74) is 10.5. The van der Waals surface area contributed by atoms with Crippen molar-refractivity contribution in [3.05, 3.63) is 65.0 Å². The van der Waals surface area contributed by atoms with Gasteiger partial charge in [-0.2, -0.15) is 4.31 Å². The molecule has 0 spiro atoms. The predicted molar refractivity (Wildman–Crippen MR) is 99.1 cm³/mol. The van der Waals surface area contributed by atoms with E-state index in [4.69, 9.17) is 10.3 Å². The van der Waals surface area contributed by atoms with Crippen molar-refractivity contribution in [1.82, 2.24) is 4.31 Å². The molecule has 8 nitrogen and oxygen atoms in total. The predicted octanol–water partition coefficient (Wildman–Crippen LogP) is 2.97. The van der Waals surface area contributed by atoms with Gasteiger partial charge in [0.05, 0.1) is 18.0 Å². The maximum absolute atomic E-state index is 13.0. The fourth-order valence-corrected chi connectivity index (χ4v) is 4.77. The number of carbonyl (C=O) groups is 1. The summed E-state index contributed by atoms with van der Waals surface area (Å²) in [6.45, 7) is -0.0629. The number of sulfonamides is 1. The average Bonchev–Trinajstić information content (AvgIpc) is 3.13. The summed E-state index contributed by atoms with van der Waals surface area (Å²) in [4.78, 5) is 14.8. The molecule has 27 heavy (non-hydrogen) atoms. The minimum Gasteiger partial charge on any atom is -0.468 e. The summed E-state index contributed by atoms with van der Waals surface area (Å²) < 4.78 is 31.9. The van der Waals surface area contributed by atoms with Crippen molar-refractivity contribution in [2.75, 3.05) is 13.7 Å². The molecule has 2 aromatic carbocycles. The van der Waals surface area contributed by atoms with E-state index in [0.29, 0.717) is 0 Å². The normalized spacial score (nSPS) is 20.0. The lowest BCUT2D eigenvalue weighted by Crippen LogP contribution is -2.41. The number of ether oxygens (including phenoxy) is 1. The lowest BCUT2D eigenvalue weighted by atomic mass is 10.1. The van der Waals surface area contributed by atoms with Gasteiger partial charge in [-0.1, -0.05) is 47.6 Å². The summed E-state index contributed by atoms with van der Waals surface area (Å²) >= 11 is 0. The van der Waals surface area contributed by atoms with Crippen LogP contribution >= 0.6 is 0 Å². The molecular weight excluding hydrogens is 368 g/mol. The van der Waals surface area contributed by atoms with E-state index in [1.807, 2.05) is 30.3 Å². The van der Waals surface area contributed by atoms with Crippen molar-refractivity contribution in [2.24, 2.45) is 5.11 Å². The molecule has 0 aromatic heterocycles. The van der Waals surface area contributed by atoms with Crippen LogP contribution < -0.4 is 0 Å². The van der Waals surface area contributed by atoms with Crippen molar-refractivity contribution in [2.45, 2.75) is 23.4 Å². The molecular formula is C18H18N4O4S. The van der Waals surface area contributed by atoms with E-state index in [-0.39, 0.29) is 17.9 Å². The summed E-state index contributed by atoms with van der Waals surface area (Å²) in [6, 6.07) is 14.4. The summed E-state index contributed by atoms with van der Waals surface area (Å²) in [6.07, 6.45) is 0.0953. The second-order valence-corrected chi connectivity index (χ2v) is 7.99. The summed E-state index contributed by atoms with van der Waals surface area (Å²) in [5.74, 6) is -0.671. The molecule has 2 aromatic rings. The first-order valence-electron chi connectivity index (χ1n) is 8.26. The lowest BCUT2D eigenvalue weighted by Gasteiger charge is -2.22. The first-order valence-corrected chi connectivity index (χ1v) is 9.70. The van der Waals surface area contributed by atoms with Gasteiger partial charge in [0.2, 0.25) is 10.0 Å². The van der Waals surface area contributed by atoms with Crippen LogP contribution in [0.2, 0.25) is 0 Å². The van der Waals surface area contributed by atoms with E-state index in [1.165, 1.54) is 19.2 Å². The number of esters is 1. The highest BCUT2D eigenvalue weighted by molar-refractivity contribution is 7.89. The Morgan fingerprint density at radius 2 is 1.78 bits per heavy atom.